The summed E-state index contributed by atoms with van der Waals surface area (Å²) in [5.74, 6) is -0.695. The van der Waals surface area contributed by atoms with Gasteiger partial charge in [-0.3, -0.25) is 14.9 Å². The highest BCUT2D eigenvalue weighted by Crippen LogP contribution is 2.26. The maximum absolute atomic E-state index is 11.1. The zero-order valence-electron chi connectivity index (χ0n) is 9.77. The molecule has 2 aromatic rings. The number of anilines is 1. The summed E-state index contributed by atoms with van der Waals surface area (Å²) in [4.78, 5) is 29.0. The molecule has 2 heterocycles. The van der Waals surface area contributed by atoms with E-state index in [0.717, 1.165) is 11.0 Å². The van der Waals surface area contributed by atoms with E-state index in [9.17, 15) is 14.9 Å². The first-order chi connectivity index (χ1) is 9.04. The van der Waals surface area contributed by atoms with Crippen LogP contribution >= 0.6 is 0 Å². The Morgan fingerprint density at radius 3 is 2.79 bits per heavy atom. The summed E-state index contributed by atoms with van der Waals surface area (Å²) in [7, 11) is 1.50. The van der Waals surface area contributed by atoms with Crippen LogP contribution in [0.2, 0.25) is 0 Å². The molecule has 19 heavy (non-hydrogen) atoms. The molecule has 10 heteroatoms. The average Bonchev–Trinajstić information content (AvgIpc) is 2.87. The molecule has 0 unspecified atom stereocenters. The van der Waals surface area contributed by atoms with E-state index in [4.69, 9.17) is 5.73 Å². The highest BCUT2D eigenvalue weighted by atomic mass is 16.6. The Morgan fingerprint density at radius 2 is 2.26 bits per heavy atom. The van der Waals surface area contributed by atoms with Gasteiger partial charge in [0, 0.05) is 13.2 Å². The highest BCUT2D eigenvalue weighted by molar-refractivity contribution is 5.92. The predicted octanol–water partition coefficient (Wildman–Crippen LogP) is -0.289. The van der Waals surface area contributed by atoms with Crippen LogP contribution in [0.25, 0.3) is 5.82 Å². The van der Waals surface area contributed by atoms with Crippen LogP contribution < -0.4 is 11.1 Å². The van der Waals surface area contributed by atoms with Crippen LogP contribution in [0.4, 0.5) is 11.5 Å². The molecule has 10 nitrogen and oxygen atoms in total. The van der Waals surface area contributed by atoms with Crippen LogP contribution in [0.15, 0.2) is 18.7 Å². The quantitative estimate of drug-likeness (QED) is 0.570. The minimum Gasteiger partial charge on any atom is -0.367 e. The molecule has 0 fully saturated rings. The van der Waals surface area contributed by atoms with Gasteiger partial charge in [0.1, 0.15) is 6.33 Å². The Bertz CT molecular complexity index is 651. The Morgan fingerprint density at radius 1 is 1.53 bits per heavy atom. The number of nitrogens with two attached hydrogens (primary N) is 1. The number of nitrogens with one attached hydrogen (secondary N) is 1. The van der Waals surface area contributed by atoms with Crippen LogP contribution in [0, 0.1) is 10.1 Å². The van der Waals surface area contributed by atoms with Gasteiger partial charge < -0.3 is 11.1 Å². The molecule has 0 aliphatic heterocycles. The third-order valence-electron chi connectivity index (χ3n) is 2.31. The van der Waals surface area contributed by atoms with E-state index in [1.807, 2.05) is 0 Å². The largest absolute Gasteiger partial charge is 0.367 e. The number of hydrogen-bond acceptors (Lipinski definition) is 7. The van der Waals surface area contributed by atoms with Crippen LogP contribution in [0.3, 0.4) is 0 Å². The Hall–Kier alpha value is -3.04. The van der Waals surface area contributed by atoms with Crippen LogP contribution in [0.5, 0.6) is 0 Å². The van der Waals surface area contributed by atoms with E-state index in [0.29, 0.717) is 0 Å². The van der Waals surface area contributed by atoms with Gasteiger partial charge in [-0.05, 0) is 0 Å². The summed E-state index contributed by atoms with van der Waals surface area (Å²) in [6.07, 6.45) is 3.62. The molecule has 0 saturated carbocycles. The normalized spacial score (nSPS) is 10.2. The van der Waals surface area contributed by atoms with Crippen LogP contribution in [-0.2, 0) is 0 Å². The summed E-state index contributed by atoms with van der Waals surface area (Å²) in [6.45, 7) is 0. The van der Waals surface area contributed by atoms with Gasteiger partial charge in [0.2, 0.25) is 11.6 Å². The number of primary amides is 1. The number of nitrogens with zero attached hydrogens (tertiary/aromatic N) is 5. The first-order valence-corrected chi connectivity index (χ1v) is 5.06. The third kappa shape index (κ3) is 2.18. The zero-order chi connectivity index (χ0) is 14.0. The van der Waals surface area contributed by atoms with Gasteiger partial charge in [-0.25, -0.2) is 14.6 Å². The topological polar surface area (TPSA) is 142 Å². The first kappa shape index (κ1) is 12.4. The number of aromatic nitrogens is 4. The van der Waals surface area contributed by atoms with Crippen molar-refractivity contribution >= 4 is 17.4 Å². The molecule has 0 aliphatic rings. The number of amides is 1. The van der Waals surface area contributed by atoms with E-state index in [2.05, 4.69) is 20.4 Å². The molecule has 0 bridgehead atoms. The number of nitro groups is 1. The fraction of sp³-hybridized carbons (Fsp3) is 0.111. The second-order valence-corrected chi connectivity index (χ2v) is 3.44. The van der Waals surface area contributed by atoms with Gasteiger partial charge in [-0.1, -0.05) is 0 Å². The fourth-order valence-corrected chi connectivity index (χ4v) is 1.45. The van der Waals surface area contributed by atoms with Crippen molar-refractivity contribution < 1.29 is 9.72 Å². The molecule has 0 aromatic carbocycles. The number of carbonyl (C=O) groups excluding carboxylic acids is 1. The lowest BCUT2D eigenvalue weighted by atomic mass is 10.3. The molecular weight excluding hydrogens is 254 g/mol. The smallest absolute Gasteiger partial charge is 0.355 e. The zero-order valence-corrected chi connectivity index (χ0v) is 9.77. The molecule has 0 atom stereocenters. The number of rotatable bonds is 4. The second-order valence-electron chi connectivity index (χ2n) is 3.44. The maximum Gasteiger partial charge on any atom is 0.355 e. The first-order valence-electron chi connectivity index (χ1n) is 5.06. The van der Waals surface area contributed by atoms with Crippen molar-refractivity contribution in [3.8, 4) is 5.82 Å². The van der Waals surface area contributed by atoms with Crippen molar-refractivity contribution in [2.45, 2.75) is 0 Å². The van der Waals surface area contributed by atoms with Gasteiger partial charge in [-0.15, -0.1) is 0 Å². The van der Waals surface area contributed by atoms with Crippen molar-refractivity contribution in [1.29, 1.82) is 0 Å². The van der Waals surface area contributed by atoms with Crippen molar-refractivity contribution in [1.82, 2.24) is 19.7 Å². The minimum atomic E-state index is -0.684. The summed E-state index contributed by atoms with van der Waals surface area (Å²) in [5, 5.41) is 17.5. The molecule has 3 N–H and O–H groups in total. The molecule has 0 radical (unpaired) electrons. The Kier molecular flexibility index (Phi) is 3.06. The molecular formula is C9H9N7O3. The van der Waals surface area contributed by atoms with E-state index in [1.165, 1.54) is 19.4 Å². The Balaban J connectivity index is 2.60. The summed E-state index contributed by atoms with van der Waals surface area (Å²) >= 11 is 0. The molecule has 98 valence electrons. The van der Waals surface area contributed by atoms with Crippen molar-refractivity contribution in [2.75, 3.05) is 12.4 Å². The highest BCUT2D eigenvalue weighted by Gasteiger charge is 2.24. The summed E-state index contributed by atoms with van der Waals surface area (Å²) in [5.41, 5.74) is 4.87. The average molecular weight is 263 g/mol. The van der Waals surface area contributed by atoms with Gasteiger partial charge in [0.15, 0.2) is 0 Å². The lowest BCUT2D eigenvalue weighted by Gasteiger charge is -2.04. The number of carbonyl (C=O) groups is 1. The monoisotopic (exact) mass is 263 g/mol. The maximum atomic E-state index is 11.1. The fourth-order valence-electron chi connectivity index (χ4n) is 1.45. The minimum absolute atomic E-state index is 0.0473. The van der Waals surface area contributed by atoms with E-state index in [1.54, 1.807) is 0 Å². The van der Waals surface area contributed by atoms with Gasteiger partial charge in [0.05, 0.1) is 16.7 Å². The lowest BCUT2D eigenvalue weighted by Crippen LogP contribution is -2.10. The second kappa shape index (κ2) is 4.68. The third-order valence-corrected chi connectivity index (χ3v) is 2.31. The number of hydrogen-bond donors (Lipinski definition) is 2. The lowest BCUT2D eigenvalue weighted by molar-refractivity contribution is -0.384. The Labute approximate surface area is 106 Å². The van der Waals surface area contributed by atoms with Gasteiger partial charge >= 0.3 is 5.69 Å². The predicted molar refractivity (Wildman–Crippen MR) is 63.9 cm³/mol. The summed E-state index contributed by atoms with van der Waals surface area (Å²) in [6, 6.07) is 0. The summed E-state index contributed by atoms with van der Waals surface area (Å²) < 4.78 is 1.10. The van der Waals surface area contributed by atoms with Gasteiger partial charge in [0.25, 0.3) is 5.91 Å². The standard InChI is InChI=1S/C9H9N7O3/c1-11-8-6(16(18)19)9(13-4-12-8)15-3-5(2-14-15)7(10)17/h2-4H,1H3,(H2,10,17)(H,11,12,13). The molecule has 0 aliphatic carbocycles. The molecule has 2 aromatic heterocycles. The molecule has 2 rings (SSSR count). The molecule has 1 amide bonds. The van der Waals surface area contributed by atoms with Crippen molar-refractivity contribution in [3.63, 3.8) is 0 Å². The van der Waals surface area contributed by atoms with Gasteiger partial charge in [-0.2, -0.15) is 5.10 Å². The van der Waals surface area contributed by atoms with E-state index < -0.39 is 10.8 Å². The van der Waals surface area contributed by atoms with E-state index in [-0.39, 0.29) is 22.9 Å². The van der Waals surface area contributed by atoms with Crippen molar-refractivity contribution in [2.24, 2.45) is 5.73 Å². The van der Waals surface area contributed by atoms with Crippen LogP contribution in [-0.4, -0.2) is 37.6 Å². The van der Waals surface area contributed by atoms with Crippen molar-refractivity contribution in [3.05, 3.63) is 34.4 Å². The van der Waals surface area contributed by atoms with Crippen LogP contribution in [0.1, 0.15) is 10.4 Å². The molecule has 0 spiro atoms. The SMILES string of the molecule is CNc1ncnc(-n2cc(C(N)=O)cn2)c1[N+](=O)[O-]. The van der Waals surface area contributed by atoms with E-state index >= 15 is 0 Å². The molecule has 0 saturated heterocycles.